The van der Waals surface area contributed by atoms with Gasteiger partial charge in [-0.05, 0) is 30.4 Å². The minimum absolute atomic E-state index is 0.230. The van der Waals surface area contributed by atoms with E-state index in [9.17, 15) is 5.11 Å². The molecule has 0 aliphatic carbocycles. The number of aliphatic hydroxyl groups excluding tert-OH is 1. The summed E-state index contributed by atoms with van der Waals surface area (Å²) in [6, 6.07) is 8.13. The van der Waals surface area contributed by atoms with Crippen LogP contribution in [0.3, 0.4) is 0 Å². The Morgan fingerprint density at radius 2 is 2.17 bits per heavy atom. The van der Waals surface area contributed by atoms with Gasteiger partial charge < -0.3 is 14.6 Å². The van der Waals surface area contributed by atoms with Crippen molar-refractivity contribution in [2.24, 2.45) is 0 Å². The molecule has 0 radical (unpaired) electrons. The van der Waals surface area contributed by atoms with Crippen LogP contribution in [0, 0.1) is 0 Å². The van der Waals surface area contributed by atoms with Crippen molar-refractivity contribution in [3.05, 3.63) is 35.4 Å². The number of aliphatic hydroxyl groups is 1. The van der Waals surface area contributed by atoms with Crippen molar-refractivity contribution in [2.45, 2.75) is 37.9 Å². The zero-order chi connectivity index (χ0) is 12.8. The van der Waals surface area contributed by atoms with Crippen molar-refractivity contribution in [1.82, 2.24) is 0 Å². The third kappa shape index (κ3) is 3.80. The molecule has 2 atom stereocenters. The molecule has 3 nitrogen and oxygen atoms in total. The second kappa shape index (κ2) is 6.88. The summed E-state index contributed by atoms with van der Waals surface area (Å²) in [4.78, 5) is 0. The molecule has 0 spiro atoms. The lowest BCUT2D eigenvalue weighted by molar-refractivity contribution is 0.0535. The molecule has 1 fully saturated rings. The van der Waals surface area contributed by atoms with E-state index in [1.807, 2.05) is 12.1 Å². The summed E-state index contributed by atoms with van der Waals surface area (Å²) in [7, 11) is 1.71. The van der Waals surface area contributed by atoms with Crippen LogP contribution in [0.5, 0.6) is 0 Å². The van der Waals surface area contributed by atoms with Crippen LogP contribution in [-0.4, -0.2) is 31.5 Å². The first-order valence-corrected chi connectivity index (χ1v) is 6.67. The first-order valence-electron chi connectivity index (χ1n) is 6.67. The predicted octanol–water partition coefficient (Wildman–Crippen LogP) is 2.48. The summed E-state index contributed by atoms with van der Waals surface area (Å²) in [6.45, 7) is 1.57. The standard InChI is InChI=1S/C15H22O3/c1-17-10-8-12-4-6-13(7-5-12)15(16)11-14-3-2-9-18-14/h4-7,14-16H,2-3,8-11H2,1H3. The Morgan fingerprint density at radius 1 is 1.39 bits per heavy atom. The smallest absolute Gasteiger partial charge is 0.0814 e. The van der Waals surface area contributed by atoms with Crippen LogP contribution in [0.25, 0.3) is 0 Å². The van der Waals surface area contributed by atoms with Crippen LogP contribution < -0.4 is 0 Å². The van der Waals surface area contributed by atoms with Gasteiger partial charge in [0.15, 0.2) is 0 Å². The zero-order valence-electron chi connectivity index (χ0n) is 11.0. The topological polar surface area (TPSA) is 38.7 Å². The molecular weight excluding hydrogens is 228 g/mol. The molecular formula is C15H22O3. The minimum Gasteiger partial charge on any atom is -0.388 e. The Kier molecular flexibility index (Phi) is 5.17. The van der Waals surface area contributed by atoms with Crippen molar-refractivity contribution in [3.63, 3.8) is 0 Å². The second-order valence-electron chi connectivity index (χ2n) is 4.87. The summed E-state index contributed by atoms with van der Waals surface area (Å²) >= 11 is 0. The van der Waals surface area contributed by atoms with Crippen LogP contribution in [0.15, 0.2) is 24.3 Å². The van der Waals surface area contributed by atoms with Gasteiger partial charge in [-0.1, -0.05) is 24.3 Å². The average molecular weight is 250 g/mol. The van der Waals surface area contributed by atoms with Crippen LogP contribution >= 0.6 is 0 Å². The summed E-state index contributed by atoms with van der Waals surface area (Å²) in [5.74, 6) is 0. The lowest BCUT2D eigenvalue weighted by Gasteiger charge is -2.15. The Bertz CT molecular complexity index is 341. The van der Waals surface area contributed by atoms with E-state index >= 15 is 0 Å². The molecule has 1 aromatic carbocycles. The molecule has 0 aromatic heterocycles. The van der Waals surface area contributed by atoms with Gasteiger partial charge in [-0.25, -0.2) is 0 Å². The Balaban J connectivity index is 1.87. The van der Waals surface area contributed by atoms with Gasteiger partial charge in [-0.15, -0.1) is 0 Å². The van der Waals surface area contributed by atoms with Gasteiger partial charge >= 0.3 is 0 Å². The normalized spacial score (nSPS) is 21.1. The SMILES string of the molecule is COCCc1ccc(C(O)CC2CCCO2)cc1. The van der Waals surface area contributed by atoms with E-state index in [1.54, 1.807) is 7.11 Å². The highest BCUT2D eigenvalue weighted by Crippen LogP contribution is 2.25. The predicted molar refractivity (Wildman–Crippen MR) is 70.6 cm³/mol. The molecule has 1 aliphatic rings. The van der Waals surface area contributed by atoms with Crippen LogP contribution in [0.4, 0.5) is 0 Å². The summed E-state index contributed by atoms with van der Waals surface area (Å²) in [6.07, 6.45) is 3.63. The first kappa shape index (κ1) is 13.5. The van der Waals surface area contributed by atoms with E-state index in [0.717, 1.165) is 38.0 Å². The van der Waals surface area contributed by atoms with Crippen molar-refractivity contribution in [2.75, 3.05) is 20.3 Å². The molecule has 1 saturated heterocycles. The number of ether oxygens (including phenoxy) is 2. The van der Waals surface area contributed by atoms with Crippen molar-refractivity contribution < 1.29 is 14.6 Å². The fourth-order valence-electron chi connectivity index (χ4n) is 2.34. The van der Waals surface area contributed by atoms with Gasteiger partial charge in [-0.2, -0.15) is 0 Å². The third-order valence-electron chi connectivity index (χ3n) is 3.47. The molecule has 0 amide bonds. The fourth-order valence-corrected chi connectivity index (χ4v) is 2.34. The molecule has 0 saturated carbocycles. The molecule has 18 heavy (non-hydrogen) atoms. The van der Waals surface area contributed by atoms with Crippen molar-refractivity contribution in [3.8, 4) is 0 Å². The molecule has 1 aliphatic heterocycles. The minimum atomic E-state index is -0.412. The van der Waals surface area contributed by atoms with Gasteiger partial charge in [0.05, 0.1) is 18.8 Å². The molecule has 2 rings (SSSR count). The molecule has 100 valence electrons. The third-order valence-corrected chi connectivity index (χ3v) is 3.47. The summed E-state index contributed by atoms with van der Waals surface area (Å²) in [5.41, 5.74) is 2.22. The Labute approximate surface area is 109 Å². The highest BCUT2D eigenvalue weighted by Gasteiger charge is 2.20. The van der Waals surface area contributed by atoms with Gasteiger partial charge in [0.2, 0.25) is 0 Å². The number of hydrogen-bond donors (Lipinski definition) is 1. The molecule has 0 bridgehead atoms. The molecule has 1 aromatic rings. The summed E-state index contributed by atoms with van der Waals surface area (Å²) in [5, 5.41) is 10.1. The average Bonchev–Trinajstić information content (AvgIpc) is 2.89. The van der Waals surface area contributed by atoms with E-state index in [2.05, 4.69) is 12.1 Å². The Morgan fingerprint density at radius 3 is 2.78 bits per heavy atom. The Hall–Kier alpha value is -0.900. The number of methoxy groups -OCH3 is 1. The van der Waals surface area contributed by atoms with Crippen molar-refractivity contribution in [1.29, 1.82) is 0 Å². The number of benzene rings is 1. The molecule has 2 unspecified atom stereocenters. The highest BCUT2D eigenvalue weighted by molar-refractivity contribution is 5.24. The maximum atomic E-state index is 10.1. The van der Waals surface area contributed by atoms with E-state index in [0.29, 0.717) is 6.42 Å². The van der Waals surface area contributed by atoms with Crippen molar-refractivity contribution >= 4 is 0 Å². The largest absolute Gasteiger partial charge is 0.388 e. The van der Waals surface area contributed by atoms with Gasteiger partial charge in [-0.3, -0.25) is 0 Å². The molecule has 1 heterocycles. The summed E-state index contributed by atoms with van der Waals surface area (Å²) < 4.78 is 10.6. The van der Waals surface area contributed by atoms with E-state index < -0.39 is 6.10 Å². The maximum Gasteiger partial charge on any atom is 0.0814 e. The van der Waals surface area contributed by atoms with Gasteiger partial charge in [0.1, 0.15) is 0 Å². The fraction of sp³-hybridized carbons (Fsp3) is 0.600. The van der Waals surface area contributed by atoms with Crippen LogP contribution in [-0.2, 0) is 15.9 Å². The van der Waals surface area contributed by atoms with Crippen LogP contribution in [0.1, 0.15) is 36.5 Å². The number of rotatable bonds is 6. The maximum absolute atomic E-state index is 10.1. The van der Waals surface area contributed by atoms with Crippen LogP contribution in [0.2, 0.25) is 0 Å². The van der Waals surface area contributed by atoms with Gasteiger partial charge in [0, 0.05) is 20.1 Å². The molecule has 3 heteroatoms. The monoisotopic (exact) mass is 250 g/mol. The van der Waals surface area contributed by atoms with E-state index in [-0.39, 0.29) is 6.10 Å². The van der Waals surface area contributed by atoms with E-state index in [4.69, 9.17) is 9.47 Å². The lowest BCUT2D eigenvalue weighted by atomic mass is 10.0. The molecule has 1 N–H and O–H groups in total. The number of hydrogen-bond acceptors (Lipinski definition) is 3. The first-order chi connectivity index (χ1) is 8.79. The second-order valence-corrected chi connectivity index (χ2v) is 4.87. The van der Waals surface area contributed by atoms with Gasteiger partial charge in [0.25, 0.3) is 0 Å². The lowest BCUT2D eigenvalue weighted by Crippen LogP contribution is -2.11. The quantitative estimate of drug-likeness (QED) is 0.843. The zero-order valence-corrected chi connectivity index (χ0v) is 11.0. The van der Waals surface area contributed by atoms with E-state index in [1.165, 1.54) is 5.56 Å². The highest BCUT2D eigenvalue weighted by atomic mass is 16.5.